The highest BCUT2D eigenvalue weighted by atomic mass is 16.1. The van der Waals surface area contributed by atoms with Crippen LogP contribution in [0, 0.1) is 12.8 Å². The van der Waals surface area contributed by atoms with E-state index in [0.29, 0.717) is 5.78 Å². The van der Waals surface area contributed by atoms with Gasteiger partial charge in [0.15, 0.2) is 5.78 Å². The van der Waals surface area contributed by atoms with E-state index in [-0.39, 0.29) is 5.92 Å². The average Bonchev–Trinajstić information content (AvgIpc) is 2.76. The Balaban J connectivity index is 2.02. The molecule has 0 aliphatic heterocycles. The molecule has 2 heteroatoms. The summed E-state index contributed by atoms with van der Waals surface area (Å²) in [4.78, 5) is 12.7. The summed E-state index contributed by atoms with van der Waals surface area (Å²) in [6, 6.07) is 6.35. The van der Waals surface area contributed by atoms with Crippen molar-refractivity contribution in [3.8, 4) is 0 Å². The van der Waals surface area contributed by atoms with E-state index < -0.39 is 0 Å². The first-order chi connectivity index (χ1) is 9.16. The molecule has 1 aromatic heterocycles. The minimum Gasteiger partial charge on any atom is -0.350 e. The van der Waals surface area contributed by atoms with E-state index in [1.165, 1.54) is 30.3 Å². The van der Waals surface area contributed by atoms with Gasteiger partial charge in [0.05, 0.1) is 0 Å². The minimum atomic E-state index is 0.251. The van der Waals surface area contributed by atoms with E-state index in [0.717, 1.165) is 23.8 Å². The molecule has 1 heterocycles. The summed E-state index contributed by atoms with van der Waals surface area (Å²) in [5.41, 5.74) is 3.33. The maximum atomic E-state index is 12.7. The molecule has 0 N–H and O–H groups in total. The van der Waals surface area contributed by atoms with Gasteiger partial charge in [-0.15, -0.1) is 0 Å². The first kappa shape index (κ1) is 12.5. The number of benzene rings is 1. The quantitative estimate of drug-likeness (QED) is 0.735. The number of aryl methyl sites for hydroxylation is 2. The number of rotatable bonds is 2. The molecule has 1 aliphatic carbocycles. The molecule has 1 fully saturated rings. The first-order valence-corrected chi connectivity index (χ1v) is 7.27. The lowest BCUT2D eigenvalue weighted by Crippen LogP contribution is -2.17. The van der Waals surface area contributed by atoms with Crippen LogP contribution in [0.2, 0.25) is 0 Å². The molecule has 1 aromatic carbocycles. The molecule has 0 atom stereocenters. The van der Waals surface area contributed by atoms with Crippen molar-refractivity contribution in [1.82, 2.24) is 4.57 Å². The van der Waals surface area contributed by atoms with Crippen molar-refractivity contribution in [2.24, 2.45) is 13.0 Å². The second-order valence-electron chi connectivity index (χ2n) is 5.87. The van der Waals surface area contributed by atoms with Crippen LogP contribution in [0.15, 0.2) is 24.4 Å². The monoisotopic (exact) mass is 255 g/mol. The third-order valence-corrected chi connectivity index (χ3v) is 4.39. The lowest BCUT2D eigenvalue weighted by atomic mass is 9.84. The SMILES string of the molecule is Cc1ccc2c(C(=O)C3CCCCC3)cn(C)c2c1. The molecular formula is C17H21NO. The zero-order valence-electron chi connectivity index (χ0n) is 11.8. The number of Topliss-reactive ketones (excluding diaryl/α,β-unsaturated/α-hetero) is 1. The van der Waals surface area contributed by atoms with Crippen LogP contribution in [0.1, 0.15) is 48.0 Å². The number of hydrogen-bond donors (Lipinski definition) is 0. The molecule has 100 valence electrons. The van der Waals surface area contributed by atoms with Crippen LogP contribution in [0.3, 0.4) is 0 Å². The van der Waals surface area contributed by atoms with Crippen molar-refractivity contribution < 1.29 is 4.79 Å². The summed E-state index contributed by atoms with van der Waals surface area (Å²) in [7, 11) is 2.03. The predicted octanol–water partition coefficient (Wildman–Crippen LogP) is 4.25. The van der Waals surface area contributed by atoms with E-state index in [1.54, 1.807) is 0 Å². The first-order valence-electron chi connectivity index (χ1n) is 7.27. The van der Waals surface area contributed by atoms with Gasteiger partial charge in [-0.1, -0.05) is 31.4 Å². The minimum absolute atomic E-state index is 0.251. The van der Waals surface area contributed by atoms with Gasteiger partial charge in [0.25, 0.3) is 0 Å². The number of carbonyl (C=O) groups excluding carboxylic acids is 1. The number of carbonyl (C=O) groups is 1. The fraction of sp³-hybridized carbons (Fsp3) is 0.471. The maximum Gasteiger partial charge on any atom is 0.168 e. The van der Waals surface area contributed by atoms with Gasteiger partial charge in [-0.05, 0) is 31.4 Å². The highest BCUT2D eigenvalue weighted by Crippen LogP contribution is 2.30. The van der Waals surface area contributed by atoms with Crippen LogP contribution in [-0.4, -0.2) is 10.4 Å². The van der Waals surface area contributed by atoms with Crippen molar-refractivity contribution in [2.45, 2.75) is 39.0 Å². The summed E-state index contributed by atoms with van der Waals surface area (Å²) in [6.45, 7) is 2.09. The van der Waals surface area contributed by atoms with Crippen molar-refractivity contribution >= 4 is 16.7 Å². The van der Waals surface area contributed by atoms with Gasteiger partial charge in [-0.25, -0.2) is 0 Å². The number of fused-ring (bicyclic) bond motifs is 1. The Morgan fingerprint density at radius 3 is 2.68 bits per heavy atom. The molecule has 0 spiro atoms. The van der Waals surface area contributed by atoms with E-state index in [9.17, 15) is 4.79 Å². The molecule has 2 nitrogen and oxygen atoms in total. The zero-order chi connectivity index (χ0) is 13.4. The standard InChI is InChI=1S/C17H21NO/c1-12-8-9-14-15(11-18(2)16(14)10-12)17(19)13-6-4-3-5-7-13/h8-11,13H,3-7H2,1-2H3. The molecule has 0 amide bonds. The zero-order valence-corrected chi connectivity index (χ0v) is 11.8. The fourth-order valence-electron chi connectivity index (χ4n) is 3.28. The van der Waals surface area contributed by atoms with Crippen LogP contribution >= 0.6 is 0 Å². The molecule has 0 saturated heterocycles. The van der Waals surface area contributed by atoms with Crippen molar-refractivity contribution in [2.75, 3.05) is 0 Å². The lowest BCUT2D eigenvalue weighted by Gasteiger charge is -2.19. The topological polar surface area (TPSA) is 22.0 Å². The van der Waals surface area contributed by atoms with E-state index in [2.05, 4.69) is 29.7 Å². The Morgan fingerprint density at radius 1 is 1.21 bits per heavy atom. The Hall–Kier alpha value is -1.57. The van der Waals surface area contributed by atoms with Crippen molar-refractivity contribution in [3.63, 3.8) is 0 Å². The Kier molecular flexibility index (Phi) is 3.17. The number of ketones is 1. The van der Waals surface area contributed by atoms with Crippen molar-refractivity contribution in [3.05, 3.63) is 35.5 Å². The van der Waals surface area contributed by atoms with Gasteiger partial charge in [-0.2, -0.15) is 0 Å². The summed E-state index contributed by atoms with van der Waals surface area (Å²) >= 11 is 0. The molecule has 2 aromatic rings. The van der Waals surface area contributed by atoms with E-state index in [4.69, 9.17) is 0 Å². The summed E-state index contributed by atoms with van der Waals surface area (Å²) in [5, 5.41) is 1.11. The summed E-state index contributed by atoms with van der Waals surface area (Å²) in [6.07, 6.45) is 7.86. The van der Waals surface area contributed by atoms with Gasteiger partial charge in [0.1, 0.15) is 0 Å². The van der Waals surface area contributed by atoms with Gasteiger partial charge in [0, 0.05) is 35.6 Å². The van der Waals surface area contributed by atoms with Gasteiger partial charge < -0.3 is 4.57 Å². The van der Waals surface area contributed by atoms with Gasteiger partial charge in [-0.3, -0.25) is 4.79 Å². The Bertz CT molecular complexity index is 617. The predicted molar refractivity (Wildman–Crippen MR) is 78.6 cm³/mol. The molecule has 19 heavy (non-hydrogen) atoms. The van der Waals surface area contributed by atoms with Crippen molar-refractivity contribution in [1.29, 1.82) is 0 Å². The second-order valence-corrected chi connectivity index (χ2v) is 5.87. The maximum absolute atomic E-state index is 12.7. The van der Waals surface area contributed by atoms with Gasteiger partial charge in [0.2, 0.25) is 0 Å². The molecular weight excluding hydrogens is 234 g/mol. The van der Waals surface area contributed by atoms with Crippen LogP contribution in [0.25, 0.3) is 10.9 Å². The normalized spacial score (nSPS) is 16.9. The highest BCUT2D eigenvalue weighted by molar-refractivity contribution is 6.09. The highest BCUT2D eigenvalue weighted by Gasteiger charge is 2.24. The lowest BCUT2D eigenvalue weighted by molar-refractivity contribution is 0.0891. The largest absolute Gasteiger partial charge is 0.350 e. The third-order valence-electron chi connectivity index (χ3n) is 4.39. The van der Waals surface area contributed by atoms with Crippen LogP contribution in [-0.2, 0) is 7.05 Å². The third kappa shape index (κ3) is 2.20. The number of nitrogens with zero attached hydrogens (tertiary/aromatic N) is 1. The summed E-state index contributed by atoms with van der Waals surface area (Å²) in [5.74, 6) is 0.606. The Labute approximate surface area is 114 Å². The fourth-order valence-corrected chi connectivity index (χ4v) is 3.28. The molecule has 0 radical (unpaired) electrons. The molecule has 1 saturated carbocycles. The van der Waals surface area contributed by atoms with Crippen LogP contribution in [0.4, 0.5) is 0 Å². The smallest absolute Gasteiger partial charge is 0.168 e. The molecule has 0 bridgehead atoms. The Morgan fingerprint density at radius 2 is 1.95 bits per heavy atom. The van der Waals surface area contributed by atoms with E-state index >= 15 is 0 Å². The molecule has 1 aliphatic rings. The summed E-state index contributed by atoms with van der Waals surface area (Å²) < 4.78 is 2.08. The number of aromatic nitrogens is 1. The average molecular weight is 255 g/mol. The van der Waals surface area contributed by atoms with Crippen LogP contribution in [0.5, 0.6) is 0 Å². The molecule has 0 unspecified atom stereocenters. The van der Waals surface area contributed by atoms with Crippen LogP contribution < -0.4 is 0 Å². The number of hydrogen-bond acceptors (Lipinski definition) is 1. The molecule has 3 rings (SSSR count). The van der Waals surface area contributed by atoms with Gasteiger partial charge >= 0.3 is 0 Å². The van der Waals surface area contributed by atoms with E-state index in [1.807, 2.05) is 13.2 Å². The second kappa shape index (κ2) is 4.84.